The molecule has 0 radical (unpaired) electrons. The second-order valence-corrected chi connectivity index (χ2v) is 4.33. The van der Waals surface area contributed by atoms with Gasteiger partial charge in [-0.25, -0.2) is 0 Å². The van der Waals surface area contributed by atoms with Crippen molar-refractivity contribution in [2.75, 3.05) is 19.6 Å². The van der Waals surface area contributed by atoms with E-state index in [0.29, 0.717) is 11.7 Å². The number of amides is 1. The van der Waals surface area contributed by atoms with Gasteiger partial charge in [0.25, 0.3) is 5.91 Å². The van der Waals surface area contributed by atoms with Gasteiger partial charge < -0.3 is 15.1 Å². The fraction of sp³-hybridized carbons (Fsp3) is 0.583. The van der Waals surface area contributed by atoms with E-state index in [0.717, 1.165) is 25.4 Å². The maximum Gasteiger partial charge on any atom is 0.287 e. The van der Waals surface area contributed by atoms with Crippen LogP contribution in [0.4, 0.5) is 0 Å². The molecule has 17 heavy (non-hydrogen) atoms. The molecular formula is C12H19ClN2O2. The van der Waals surface area contributed by atoms with Crippen molar-refractivity contribution in [3.8, 4) is 0 Å². The maximum atomic E-state index is 11.7. The van der Waals surface area contributed by atoms with Gasteiger partial charge in [0.2, 0.25) is 0 Å². The Hall–Kier alpha value is -1.00. The van der Waals surface area contributed by atoms with Crippen LogP contribution in [0.25, 0.3) is 0 Å². The lowest BCUT2D eigenvalue weighted by atomic mass is 10.00. The maximum absolute atomic E-state index is 11.7. The molecule has 0 spiro atoms. The van der Waals surface area contributed by atoms with E-state index in [1.54, 1.807) is 12.1 Å². The van der Waals surface area contributed by atoms with E-state index in [1.165, 1.54) is 12.8 Å². The summed E-state index contributed by atoms with van der Waals surface area (Å²) in [4.78, 5) is 11.7. The minimum absolute atomic E-state index is 0. The van der Waals surface area contributed by atoms with Crippen LogP contribution in [0.5, 0.6) is 0 Å². The molecule has 1 atom stereocenters. The highest BCUT2D eigenvalue weighted by Gasteiger charge is 2.15. The predicted molar refractivity (Wildman–Crippen MR) is 68.6 cm³/mol. The number of aryl methyl sites for hydroxylation is 1. The highest BCUT2D eigenvalue weighted by Crippen LogP contribution is 2.09. The van der Waals surface area contributed by atoms with Crippen LogP contribution in [0.1, 0.15) is 29.2 Å². The summed E-state index contributed by atoms with van der Waals surface area (Å²) in [6, 6.07) is 3.51. The van der Waals surface area contributed by atoms with E-state index in [4.69, 9.17) is 4.42 Å². The summed E-state index contributed by atoms with van der Waals surface area (Å²) >= 11 is 0. The first kappa shape index (κ1) is 14.1. The Balaban J connectivity index is 0.00000144. The van der Waals surface area contributed by atoms with Crippen molar-refractivity contribution < 1.29 is 9.21 Å². The van der Waals surface area contributed by atoms with Crippen LogP contribution in [-0.2, 0) is 0 Å². The van der Waals surface area contributed by atoms with Crippen molar-refractivity contribution in [1.29, 1.82) is 0 Å². The fourth-order valence-electron chi connectivity index (χ4n) is 1.98. The van der Waals surface area contributed by atoms with Crippen molar-refractivity contribution in [1.82, 2.24) is 10.6 Å². The first-order valence-corrected chi connectivity index (χ1v) is 5.81. The molecule has 0 aliphatic carbocycles. The zero-order valence-corrected chi connectivity index (χ0v) is 10.8. The minimum Gasteiger partial charge on any atom is -0.456 e. The number of piperidine rings is 1. The van der Waals surface area contributed by atoms with Crippen LogP contribution in [0, 0.1) is 12.8 Å². The summed E-state index contributed by atoms with van der Waals surface area (Å²) < 4.78 is 5.26. The molecule has 1 aromatic rings. The Morgan fingerprint density at radius 3 is 3.00 bits per heavy atom. The van der Waals surface area contributed by atoms with Crippen LogP contribution in [-0.4, -0.2) is 25.5 Å². The van der Waals surface area contributed by atoms with Gasteiger partial charge in [-0.05, 0) is 50.9 Å². The lowest BCUT2D eigenvalue weighted by molar-refractivity contribution is 0.0916. The van der Waals surface area contributed by atoms with Gasteiger partial charge in [-0.3, -0.25) is 4.79 Å². The Labute approximate surface area is 108 Å². The molecule has 0 bridgehead atoms. The summed E-state index contributed by atoms with van der Waals surface area (Å²) in [5, 5.41) is 6.24. The Morgan fingerprint density at radius 1 is 1.59 bits per heavy atom. The summed E-state index contributed by atoms with van der Waals surface area (Å²) in [6.45, 7) is 4.66. The molecule has 1 aliphatic heterocycles. The second kappa shape index (κ2) is 6.67. The largest absolute Gasteiger partial charge is 0.456 e. The Morgan fingerprint density at radius 2 is 2.41 bits per heavy atom. The summed E-state index contributed by atoms with van der Waals surface area (Å²) in [5.74, 6) is 1.61. The third-order valence-electron chi connectivity index (χ3n) is 2.91. The van der Waals surface area contributed by atoms with Crippen LogP contribution in [0.2, 0.25) is 0 Å². The summed E-state index contributed by atoms with van der Waals surface area (Å²) in [6.07, 6.45) is 2.38. The van der Waals surface area contributed by atoms with Crippen molar-refractivity contribution in [2.24, 2.45) is 5.92 Å². The second-order valence-electron chi connectivity index (χ2n) is 4.33. The smallest absolute Gasteiger partial charge is 0.287 e. The number of nitrogens with one attached hydrogen (secondary N) is 2. The van der Waals surface area contributed by atoms with Gasteiger partial charge >= 0.3 is 0 Å². The molecule has 5 heteroatoms. The molecule has 0 aromatic carbocycles. The molecule has 2 N–H and O–H groups in total. The van der Waals surface area contributed by atoms with Crippen LogP contribution in [0.3, 0.4) is 0 Å². The van der Waals surface area contributed by atoms with E-state index >= 15 is 0 Å². The van der Waals surface area contributed by atoms with Gasteiger partial charge in [0.05, 0.1) is 0 Å². The number of rotatable bonds is 3. The molecule has 1 fully saturated rings. The van der Waals surface area contributed by atoms with Crippen molar-refractivity contribution in [3.63, 3.8) is 0 Å². The third kappa shape index (κ3) is 4.06. The van der Waals surface area contributed by atoms with Gasteiger partial charge in [-0.1, -0.05) is 0 Å². The lowest BCUT2D eigenvalue weighted by Crippen LogP contribution is -2.38. The first-order valence-electron chi connectivity index (χ1n) is 5.81. The van der Waals surface area contributed by atoms with E-state index in [1.807, 2.05) is 6.92 Å². The SMILES string of the molecule is Cc1ccc(C(=O)NCC2CCCNC2)o1.Cl. The summed E-state index contributed by atoms with van der Waals surface area (Å²) in [5.41, 5.74) is 0. The quantitative estimate of drug-likeness (QED) is 0.868. The number of hydrogen-bond acceptors (Lipinski definition) is 3. The zero-order valence-electron chi connectivity index (χ0n) is 9.99. The van der Waals surface area contributed by atoms with Crippen molar-refractivity contribution in [2.45, 2.75) is 19.8 Å². The molecule has 4 nitrogen and oxygen atoms in total. The standard InChI is InChI=1S/C12H18N2O2.ClH/c1-9-4-5-11(16-9)12(15)14-8-10-3-2-6-13-7-10;/h4-5,10,13H,2-3,6-8H2,1H3,(H,14,15);1H. The van der Waals surface area contributed by atoms with Crippen molar-refractivity contribution in [3.05, 3.63) is 23.7 Å². The molecule has 96 valence electrons. The van der Waals surface area contributed by atoms with E-state index in [9.17, 15) is 4.79 Å². The molecule has 0 saturated carbocycles. The van der Waals surface area contributed by atoms with E-state index in [-0.39, 0.29) is 18.3 Å². The molecule has 1 amide bonds. The number of furan rings is 1. The van der Waals surface area contributed by atoms with Crippen LogP contribution < -0.4 is 10.6 Å². The van der Waals surface area contributed by atoms with Gasteiger partial charge in [0, 0.05) is 6.54 Å². The molecule has 2 rings (SSSR count). The van der Waals surface area contributed by atoms with E-state index in [2.05, 4.69) is 10.6 Å². The highest BCUT2D eigenvalue weighted by atomic mass is 35.5. The van der Waals surface area contributed by atoms with Gasteiger partial charge in [-0.15, -0.1) is 12.4 Å². The number of hydrogen-bond donors (Lipinski definition) is 2. The molecule has 2 heterocycles. The topological polar surface area (TPSA) is 54.3 Å². The average molecular weight is 259 g/mol. The summed E-state index contributed by atoms with van der Waals surface area (Å²) in [7, 11) is 0. The molecular weight excluding hydrogens is 240 g/mol. The third-order valence-corrected chi connectivity index (χ3v) is 2.91. The number of halogens is 1. The molecule has 1 aromatic heterocycles. The Bertz CT molecular complexity index is 359. The minimum atomic E-state index is -0.112. The molecule has 1 unspecified atom stereocenters. The molecule has 1 aliphatic rings. The zero-order chi connectivity index (χ0) is 11.4. The number of carbonyl (C=O) groups is 1. The van der Waals surface area contributed by atoms with Crippen molar-refractivity contribution >= 4 is 18.3 Å². The first-order chi connectivity index (χ1) is 7.75. The lowest BCUT2D eigenvalue weighted by Gasteiger charge is -2.22. The average Bonchev–Trinajstić information content (AvgIpc) is 2.74. The number of carbonyl (C=O) groups excluding carboxylic acids is 1. The van der Waals surface area contributed by atoms with Crippen LogP contribution in [0.15, 0.2) is 16.5 Å². The predicted octanol–water partition coefficient (Wildman–Crippen LogP) is 1.74. The molecule has 1 saturated heterocycles. The van der Waals surface area contributed by atoms with Crippen LogP contribution >= 0.6 is 12.4 Å². The van der Waals surface area contributed by atoms with Gasteiger partial charge in [-0.2, -0.15) is 0 Å². The normalized spacial score (nSPS) is 19.5. The van der Waals surface area contributed by atoms with Gasteiger partial charge in [0.15, 0.2) is 5.76 Å². The highest BCUT2D eigenvalue weighted by molar-refractivity contribution is 5.91. The fourth-order valence-corrected chi connectivity index (χ4v) is 1.98. The van der Waals surface area contributed by atoms with E-state index < -0.39 is 0 Å². The monoisotopic (exact) mass is 258 g/mol. The van der Waals surface area contributed by atoms with Gasteiger partial charge in [0.1, 0.15) is 5.76 Å². The Kier molecular flexibility index (Phi) is 5.51.